The van der Waals surface area contributed by atoms with Crippen molar-refractivity contribution in [1.29, 1.82) is 0 Å². The normalized spacial score (nSPS) is 21.7. The Kier molecular flexibility index (Phi) is 5.55. The van der Waals surface area contributed by atoms with Gasteiger partial charge in [0.1, 0.15) is 0 Å². The van der Waals surface area contributed by atoms with Crippen molar-refractivity contribution in [3.63, 3.8) is 0 Å². The van der Waals surface area contributed by atoms with Crippen LogP contribution in [0.3, 0.4) is 0 Å². The molecule has 0 radical (unpaired) electrons. The predicted octanol–water partition coefficient (Wildman–Crippen LogP) is 9.54. The van der Waals surface area contributed by atoms with Gasteiger partial charge in [-0.15, -0.1) is 0 Å². The molecule has 0 spiro atoms. The van der Waals surface area contributed by atoms with Gasteiger partial charge in [0.15, 0.2) is 0 Å². The summed E-state index contributed by atoms with van der Waals surface area (Å²) in [7, 11) is 0. The molecule has 0 N–H and O–H groups in total. The third-order valence-electron chi connectivity index (χ3n) is 10.9. The Morgan fingerprint density at radius 1 is 0.512 bits per heavy atom. The summed E-state index contributed by atoms with van der Waals surface area (Å²) >= 11 is 0. The molecule has 1 aliphatic heterocycles. The number of rotatable bonds is 3. The lowest BCUT2D eigenvalue weighted by molar-refractivity contribution is 0.243. The van der Waals surface area contributed by atoms with Gasteiger partial charge in [0.25, 0.3) is 0 Å². The second kappa shape index (κ2) is 9.21. The number of hydrogen-bond donors (Lipinski definition) is 0. The summed E-state index contributed by atoms with van der Waals surface area (Å²) in [5.41, 5.74) is 10.1. The van der Waals surface area contributed by atoms with Crippen LogP contribution in [0, 0.1) is 0 Å². The summed E-state index contributed by atoms with van der Waals surface area (Å²) in [6.45, 7) is 5.60. The first-order chi connectivity index (χ1) is 20.1. The quantitative estimate of drug-likeness (QED) is 0.159. The highest BCUT2D eigenvalue weighted by molar-refractivity contribution is 6.89. The Bertz CT molecular complexity index is 1870. The van der Waals surface area contributed by atoms with E-state index in [0.29, 0.717) is 6.71 Å². The predicted molar refractivity (Wildman–Crippen MR) is 178 cm³/mol. The molecular formula is C40H35B. The number of fused-ring (bicyclic) bond motifs is 5. The minimum absolute atomic E-state index is 0.159. The maximum absolute atomic E-state index is 2.60. The molecule has 2 atom stereocenters. The molecular weight excluding hydrogens is 491 g/mol. The number of benzene rings is 6. The van der Waals surface area contributed by atoms with Gasteiger partial charge in [0.2, 0.25) is 6.71 Å². The zero-order valence-corrected chi connectivity index (χ0v) is 24.0. The fourth-order valence-electron chi connectivity index (χ4n) is 8.77. The van der Waals surface area contributed by atoms with E-state index in [1.807, 2.05) is 0 Å². The van der Waals surface area contributed by atoms with Crippen molar-refractivity contribution in [2.45, 2.75) is 50.3 Å². The largest absolute Gasteiger partial charge is 0.216 e. The molecule has 1 aliphatic carbocycles. The van der Waals surface area contributed by atoms with Crippen molar-refractivity contribution >= 4 is 39.2 Å². The average molecular weight is 527 g/mol. The Labute approximate surface area is 244 Å². The molecule has 2 unspecified atom stereocenters. The third-order valence-corrected chi connectivity index (χ3v) is 10.9. The van der Waals surface area contributed by atoms with E-state index in [9.17, 15) is 0 Å². The average Bonchev–Trinajstić information content (AvgIpc) is 3.23. The highest BCUT2D eigenvalue weighted by atomic mass is 14.5. The molecule has 1 fully saturated rings. The molecule has 2 aliphatic rings. The second-order valence-electron chi connectivity index (χ2n) is 12.8. The summed E-state index contributed by atoms with van der Waals surface area (Å²) < 4.78 is 0. The van der Waals surface area contributed by atoms with Gasteiger partial charge >= 0.3 is 0 Å². The molecule has 0 amide bonds. The summed E-state index contributed by atoms with van der Waals surface area (Å²) in [5.74, 6) is 0. The first-order valence-electron chi connectivity index (χ1n) is 15.3. The molecule has 0 saturated heterocycles. The zero-order valence-electron chi connectivity index (χ0n) is 24.0. The van der Waals surface area contributed by atoms with Crippen molar-refractivity contribution < 1.29 is 0 Å². The van der Waals surface area contributed by atoms with Crippen LogP contribution in [-0.4, -0.2) is 6.71 Å². The van der Waals surface area contributed by atoms with Crippen LogP contribution in [0.5, 0.6) is 0 Å². The standard InChI is InChI=1S/C40H35B/c1-39-25-13-14-26-40(39,2)41(30-17-7-4-8-18-30)36-24-23-29(27-35(36)39)38-33-21-11-9-19-31(33)37(28-15-5-3-6-16-28)32-20-10-12-22-34(32)38/h3-12,15-24,27H,13-14,25-26H2,1-2H3. The second-order valence-corrected chi connectivity index (χ2v) is 12.8. The van der Waals surface area contributed by atoms with E-state index in [4.69, 9.17) is 0 Å². The minimum Gasteiger partial charge on any atom is -0.0735 e. The van der Waals surface area contributed by atoms with Crippen molar-refractivity contribution in [2.75, 3.05) is 0 Å². The van der Waals surface area contributed by atoms with Crippen molar-refractivity contribution in [3.05, 3.63) is 133 Å². The first-order valence-corrected chi connectivity index (χ1v) is 15.3. The molecule has 1 heterocycles. The summed E-state index contributed by atoms with van der Waals surface area (Å²) in [6.07, 6.45) is 5.18. The summed E-state index contributed by atoms with van der Waals surface area (Å²) in [5, 5.41) is 5.53. The lowest BCUT2D eigenvalue weighted by Crippen LogP contribution is -2.51. The topological polar surface area (TPSA) is 0 Å². The molecule has 0 bridgehead atoms. The van der Waals surface area contributed by atoms with Crippen LogP contribution in [0.4, 0.5) is 0 Å². The van der Waals surface area contributed by atoms with Crippen LogP contribution in [0.15, 0.2) is 127 Å². The lowest BCUT2D eigenvalue weighted by Gasteiger charge is -2.48. The van der Waals surface area contributed by atoms with Gasteiger partial charge in [-0.2, -0.15) is 0 Å². The Morgan fingerprint density at radius 2 is 1.02 bits per heavy atom. The molecule has 1 saturated carbocycles. The highest BCUT2D eigenvalue weighted by Gasteiger charge is 2.60. The number of hydrogen-bond acceptors (Lipinski definition) is 0. The lowest BCUT2D eigenvalue weighted by atomic mass is 9.26. The molecule has 0 nitrogen and oxygen atoms in total. The summed E-state index contributed by atoms with van der Waals surface area (Å²) in [6, 6.07) is 47.8. The van der Waals surface area contributed by atoms with Crippen LogP contribution in [-0.2, 0) is 5.41 Å². The monoisotopic (exact) mass is 526 g/mol. The van der Waals surface area contributed by atoms with E-state index in [-0.39, 0.29) is 10.7 Å². The highest BCUT2D eigenvalue weighted by Crippen LogP contribution is 2.62. The molecule has 6 aromatic rings. The van der Waals surface area contributed by atoms with Gasteiger partial charge in [-0.1, -0.05) is 171 Å². The van der Waals surface area contributed by atoms with E-state index in [1.165, 1.54) is 74.9 Å². The van der Waals surface area contributed by atoms with Crippen LogP contribution in [0.2, 0.25) is 5.31 Å². The third kappa shape index (κ3) is 3.48. The van der Waals surface area contributed by atoms with Gasteiger partial charge in [0.05, 0.1) is 0 Å². The molecule has 1 heteroatoms. The van der Waals surface area contributed by atoms with E-state index >= 15 is 0 Å². The SMILES string of the molecule is CC12CCCCC1(C)c1cc(-c3c4ccccc4c(-c4ccccc4)c4ccccc34)ccc1B2c1ccccc1. The Balaban J connectivity index is 1.42. The molecule has 198 valence electrons. The fraction of sp³-hybridized carbons (Fsp3) is 0.200. The van der Waals surface area contributed by atoms with Crippen LogP contribution < -0.4 is 10.9 Å². The van der Waals surface area contributed by atoms with Gasteiger partial charge in [-0.3, -0.25) is 0 Å². The fourth-order valence-corrected chi connectivity index (χ4v) is 8.77. The van der Waals surface area contributed by atoms with Crippen LogP contribution in [0.1, 0.15) is 45.1 Å². The Hall–Kier alpha value is -4.10. The smallest absolute Gasteiger partial charge is 0.0735 e. The van der Waals surface area contributed by atoms with E-state index in [0.717, 1.165) is 0 Å². The maximum Gasteiger partial charge on any atom is 0.216 e. The van der Waals surface area contributed by atoms with Crippen molar-refractivity contribution in [1.82, 2.24) is 0 Å². The summed E-state index contributed by atoms with van der Waals surface area (Å²) in [4.78, 5) is 0. The van der Waals surface area contributed by atoms with Gasteiger partial charge in [0, 0.05) is 0 Å². The first kappa shape index (κ1) is 24.7. The molecule has 0 aromatic heterocycles. The molecule has 41 heavy (non-hydrogen) atoms. The van der Waals surface area contributed by atoms with Gasteiger partial charge in [-0.25, -0.2) is 0 Å². The Morgan fingerprint density at radius 3 is 1.63 bits per heavy atom. The van der Waals surface area contributed by atoms with E-state index < -0.39 is 0 Å². The van der Waals surface area contributed by atoms with Crippen molar-refractivity contribution in [2.24, 2.45) is 0 Å². The molecule has 8 rings (SSSR count). The maximum atomic E-state index is 2.60. The van der Waals surface area contributed by atoms with Gasteiger partial charge in [-0.05, 0) is 66.5 Å². The zero-order chi connectivity index (χ0) is 27.6. The van der Waals surface area contributed by atoms with E-state index in [1.54, 1.807) is 11.0 Å². The van der Waals surface area contributed by atoms with Crippen LogP contribution >= 0.6 is 0 Å². The minimum atomic E-state index is 0.159. The molecule has 6 aromatic carbocycles. The van der Waals surface area contributed by atoms with Gasteiger partial charge < -0.3 is 0 Å². The van der Waals surface area contributed by atoms with Crippen molar-refractivity contribution in [3.8, 4) is 22.3 Å². The van der Waals surface area contributed by atoms with Crippen LogP contribution in [0.25, 0.3) is 43.8 Å². The van der Waals surface area contributed by atoms with E-state index in [2.05, 4.69) is 141 Å².